The van der Waals surface area contributed by atoms with Crippen LogP contribution in [0.15, 0.2) is 23.4 Å². The van der Waals surface area contributed by atoms with E-state index in [4.69, 9.17) is 32.0 Å². The van der Waals surface area contributed by atoms with E-state index in [1.54, 1.807) is 25.3 Å². The number of nitrogens with two attached hydrogens (primary N) is 1. The minimum Gasteiger partial charge on any atom is -0.491 e. The summed E-state index contributed by atoms with van der Waals surface area (Å²) in [5.41, 5.74) is 5.94. The van der Waals surface area contributed by atoms with Gasteiger partial charge >= 0.3 is 0 Å². The van der Waals surface area contributed by atoms with E-state index in [2.05, 4.69) is 5.16 Å². The van der Waals surface area contributed by atoms with Crippen molar-refractivity contribution in [3.05, 3.63) is 28.8 Å². The first-order valence-corrected chi connectivity index (χ1v) is 5.89. The minimum absolute atomic E-state index is 0.0238. The summed E-state index contributed by atoms with van der Waals surface area (Å²) in [6.45, 7) is 2.58. The lowest BCUT2D eigenvalue weighted by molar-refractivity contribution is 0.135. The SMILES string of the molecule is COCCC(C)Oc1ccc(/C(N)=N/O)c(Cl)c1. The number of oxime groups is 1. The molecule has 3 N–H and O–H groups in total. The number of hydrogen-bond acceptors (Lipinski definition) is 4. The highest BCUT2D eigenvalue weighted by Crippen LogP contribution is 2.23. The molecule has 0 saturated carbocycles. The van der Waals surface area contributed by atoms with Crippen LogP contribution >= 0.6 is 11.6 Å². The normalized spacial score (nSPS) is 13.4. The monoisotopic (exact) mass is 272 g/mol. The van der Waals surface area contributed by atoms with Gasteiger partial charge in [-0.1, -0.05) is 16.8 Å². The first-order chi connectivity index (χ1) is 8.58. The maximum absolute atomic E-state index is 8.58. The molecule has 0 bridgehead atoms. The highest BCUT2D eigenvalue weighted by atomic mass is 35.5. The Balaban J connectivity index is 2.72. The third-order valence-corrected chi connectivity index (χ3v) is 2.70. The Kier molecular flexibility index (Phi) is 5.74. The number of hydrogen-bond donors (Lipinski definition) is 2. The van der Waals surface area contributed by atoms with Crippen molar-refractivity contribution in [2.45, 2.75) is 19.4 Å². The van der Waals surface area contributed by atoms with Crippen LogP contribution < -0.4 is 10.5 Å². The summed E-state index contributed by atoms with van der Waals surface area (Å²) in [7, 11) is 1.65. The molecular formula is C12H17ClN2O3. The second kappa shape index (κ2) is 7.08. The second-order valence-corrected chi connectivity index (χ2v) is 4.24. The molecule has 1 aromatic rings. The van der Waals surface area contributed by atoms with Crippen molar-refractivity contribution >= 4 is 17.4 Å². The first-order valence-electron chi connectivity index (χ1n) is 5.51. The summed E-state index contributed by atoms with van der Waals surface area (Å²) in [4.78, 5) is 0. The molecule has 0 amide bonds. The molecule has 6 heteroatoms. The lowest BCUT2D eigenvalue weighted by Crippen LogP contribution is -2.15. The van der Waals surface area contributed by atoms with Gasteiger partial charge in [-0.15, -0.1) is 0 Å². The van der Waals surface area contributed by atoms with Crippen molar-refractivity contribution < 1.29 is 14.7 Å². The van der Waals surface area contributed by atoms with Crippen molar-refractivity contribution in [3.8, 4) is 5.75 Å². The number of amidine groups is 1. The van der Waals surface area contributed by atoms with Gasteiger partial charge in [0, 0.05) is 25.7 Å². The molecule has 0 aliphatic carbocycles. The number of methoxy groups -OCH3 is 1. The van der Waals surface area contributed by atoms with Gasteiger partial charge in [0.1, 0.15) is 5.75 Å². The van der Waals surface area contributed by atoms with Gasteiger partial charge in [0.25, 0.3) is 0 Å². The number of benzene rings is 1. The molecule has 0 heterocycles. The van der Waals surface area contributed by atoms with Crippen LogP contribution in [-0.4, -0.2) is 30.9 Å². The van der Waals surface area contributed by atoms with Crippen LogP contribution in [0.4, 0.5) is 0 Å². The largest absolute Gasteiger partial charge is 0.491 e. The van der Waals surface area contributed by atoms with Crippen molar-refractivity contribution in [2.24, 2.45) is 10.9 Å². The first kappa shape index (κ1) is 14.6. The van der Waals surface area contributed by atoms with E-state index in [-0.39, 0.29) is 11.9 Å². The Morgan fingerprint density at radius 2 is 2.28 bits per heavy atom. The Morgan fingerprint density at radius 1 is 1.56 bits per heavy atom. The molecule has 18 heavy (non-hydrogen) atoms. The molecule has 100 valence electrons. The summed E-state index contributed by atoms with van der Waals surface area (Å²) in [6, 6.07) is 5.01. The zero-order valence-corrected chi connectivity index (χ0v) is 11.1. The maximum Gasteiger partial charge on any atom is 0.171 e. The topological polar surface area (TPSA) is 77.1 Å². The highest BCUT2D eigenvalue weighted by molar-refractivity contribution is 6.34. The van der Waals surface area contributed by atoms with Gasteiger partial charge in [0.15, 0.2) is 5.84 Å². The summed E-state index contributed by atoms with van der Waals surface area (Å²) in [5, 5.41) is 11.9. The summed E-state index contributed by atoms with van der Waals surface area (Å²) >= 11 is 6.01. The van der Waals surface area contributed by atoms with Crippen molar-refractivity contribution in [1.29, 1.82) is 0 Å². The van der Waals surface area contributed by atoms with Crippen LogP contribution in [-0.2, 0) is 4.74 Å². The predicted molar refractivity (Wildman–Crippen MR) is 70.5 cm³/mol. The molecular weight excluding hydrogens is 256 g/mol. The Morgan fingerprint density at radius 3 is 2.83 bits per heavy atom. The van der Waals surface area contributed by atoms with E-state index < -0.39 is 0 Å². The second-order valence-electron chi connectivity index (χ2n) is 3.84. The molecule has 1 unspecified atom stereocenters. The standard InChI is InChI=1S/C12H17ClN2O3/c1-8(5-6-17-2)18-9-3-4-10(11(13)7-9)12(14)15-16/h3-4,7-8,16H,5-6H2,1-2H3,(H2,14,15). The van der Waals surface area contributed by atoms with Gasteiger partial charge in [-0.05, 0) is 25.1 Å². The molecule has 0 aromatic heterocycles. The van der Waals surface area contributed by atoms with Crippen molar-refractivity contribution in [1.82, 2.24) is 0 Å². The fourth-order valence-corrected chi connectivity index (χ4v) is 1.67. The molecule has 0 aliphatic rings. The smallest absolute Gasteiger partial charge is 0.171 e. The average molecular weight is 273 g/mol. The van der Waals surface area contributed by atoms with Gasteiger partial charge in [-0.3, -0.25) is 0 Å². The number of halogens is 1. The summed E-state index contributed by atoms with van der Waals surface area (Å²) in [5.74, 6) is 0.608. The zero-order valence-electron chi connectivity index (χ0n) is 10.4. The molecule has 0 saturated heterocycles. The van der Waals surface area contributed by atoms with Crippen LogP contribution in [0.25, 0.3) is 0 Å². The molecule has 0 aliphatic heterocycles. The molecule has 1 atom stereocenters. The quantitative estimate of drug-likeness (QED) is 0.360. The van der Waals surface area contributed by atoms with Gasteiger partial charge in [0.05, 0.1) is 11.1 Å². The van der Waals surface area contributed by atoms with E-state index in [1.807, 2.05) is 6.92 Å². The Hall–Kier alpha value is -1.46. The van der Waals surface area contributed by atoms with Crippen molar-refractivity contribution in [2.75, 3.05) is 13.7 Å². The van der Waals surface area contributed by atoms with Crippen LogP contribution in [0, 0.1) is 0 Å². The van der Waals surface area contributed by atoms with Crippen LogP contribution in [0.5, 0.6) is 5.75 Å². The predicted octanol–water partition coefficient (Wildman–Crippen LogP) is 2.24. The molecule has 0 fully saturated rings. The van der Waals surface area contributed by atoms with Crippen LogP contribution in [0.1, 0.15) is 18.9 Å². The van der Waals surface area contributed by atoms with Crippen LogP contribution in [0.3, 0.4) is 0 Å². The van der Waals surface area contributed by atoms with E-state index in [0.717, 1.165) is 6.42 Å². The third kappa shape index (κ3) is 4.09. The van der Waals surface area contributed by atoms with Crippen LogP contribution in [0.2, 0.25) is 5.02 Å². The third-order valence-electron chi connectivity index (χ3n) is 2.39. The van der Waals surface area contributed by atoms with Gasteiger partial charge in [-0.25, -0.2) is 0 Å². The Labute approximate surface area is 111 Å². The van der Waals surface area contributed by atoms with E-state index in [1.165, 1.54) is 0 Å². The molecule has 0 spiro atoms. The van der Waals surface area contributed by atoms with E-state index >= 15 is 0 Å². The van der Waals surface area contributed by atoms with Gasteiger partial charge in [-0.2, -0.15) is 0 Å². The maximum atomic E-state index is 8.58. The zero-order chi connectivity index (χ0) is 13.5. The highest BCUT2D eigenvalue weighted by Gasteiger charge is 2.09. The summed E-state index contributed by atoms with van der Waals surface area (Å²) < 4.78 is 10.6. The molecule has 1 rings (SSSR count). The number of rotatable bonds is 6. The molecule has 1 aromatic carbocycles. The fourth-order valence-electron chi connectivity index (χ4n) is 1.41. The number of ether oxygens (including phenoxy) is 2. The fraction of sp³-hybridized carbons (Fsp3) is 0.417. The lowest BCUT2D eigenvalue weighted by Gasteiger charge is -2.15. The summed E-state index contributed by atoms with van der Waals surface area (Å²) in [6.07, 6.45) is 0.812. The van der Waals surface area contributed by atoms with E-state index in [0.29, 0.717) is 22.9 Å². The van der Waals surface area contributed by atoms with E-state index in [9.17, 15) is 0 Å². The average Bonchev–Trinajstić information content (AvgIpc) is 2.35. The van der Waals surface area contributed by atoms with Gasteiger partial charge in [0.2, 0.25) is 0 Å². The molecule has 5 nitrogen and oxygen atoms in total. The Bertz CT molecular complexity index is 424. The lowest BCUT2D eigenvalue weighted by atomic mass is 10.2. The van der Waals surface area contributed by atoms with Crippen molar-refractivity contribution in [3.63, 3.8) is 0 Å². The van der Waals surface area contributed by atoms with Gasteiger partial charge < -0.3 is 20.4 Å². The number of nitrogens with zero attached hydrogens (tertiary/aromatic N) is 1. The molecule has 0 radical (unpaired) electrons. The minimum atomic E-state index is -0.0287.